The fraction of sp³-hybridized carbons (Fsp3) is 0.409. The summed E-state index contributed by atoms with van der Waals surface area (Å²) in [6.07, 6.45) is -2.91. The summed E-state index contributed by atoms with van der Waals surface area (Å²) < 4.78 is 47.8. The van der Waals surface area contributed by atoms with E-state index in [4.69, 9.17) is 4.74 Å². The van der Waals surface area contributed by atoms with Gasteiger partial charge in [0.15, 0.2) is 5.82 Å². The van der Waals surface area contributed by atoms with Gasteiger partial charge in [0, 0.05) is 31.1 Å². The Hall–Kier alpha value is -3.14. The highest BCUT2D eigenvalue weighted by Crippen LogP contribution is 2.31. The summed E-state index contributed by atoms with van der Waals surface area (Å²) in [6.45, 7) is 5.63. The Bertz CT molecular complexity index is 1210. The number of benzene rings is 1. The van der Waals surface area contributed by atoms with Crippen LogP contribution in [0.25, 0.3) is 10.9 Å². The third kappa shape index (κ3) is 3.90. The minimum Gasteiger partial charge on any atom is -0.378 e. The highest BCUT2D eigenvalue weighted by atomic mass is 19.3. The van der Waals surface area contributed by atoms with Crippen molar-refractivity contribution < 1.29 is 17.9 Å². The van der Waals surface area contributed by atoms with Gasteiger partial charge in [0.25, 0.3) is 12.0 Å². The summed E-state index contributed by atoms with van der Waals surface area (Å²) in [5.41, 5.74) is 0.961. The van der Waals surface area contributed by atoms with E-state index in [2.05, 4.69) is 15.5 Å². The van der Waals surface area contributed by atoms with E-state index in [1.54, 1.807) is 27.0 Å². The molecule has 1 aliphatic rings. The van der Waals surface area contributed by atoms with Gasteiger partial charge in [0.1, 0.15) is 11.5 Å². The molecule has 1 N–H and O–H groups in total. The van der Waals surface area contributed by atoms with Gasteiger partial charge < -0.3 is 19.5 Å². The molecule has 0 unspecified atom stereocenters. The number of ether oxygens (including phenoxy) is 1. The lowest BCUT2D eigenvalue weighted by atomic mass is 10.0. The van der Waals surface area contributed by atoms with Gasteiger partial charge >= 0.3 is 0 Å². The first-order valence-electron chi connectivity index (χ1n) is 10.3. The number of anilines is 2. The highest BCUT2D eigenvalue weighted by Gasteiger charge is 2.23. The first-order valence-corrected chi connectivity index (χ1v) is 10.3. The van der Waals surface area contributed by atoms with Crippen molar-refractivity contribution >= 4 is 22.4 Å². The van der Waals surface area contributed by atoms with E-state index in [0.717, 1.165) is 6.07 Å². The van der Waals surface area contributed by atoms with E-state index in [0.29, 0.717) is 54.4 Å². The molecule has 1 fully saturated rings. The van der Waals surface area contributed by atoms with Gasteiger partial charge in [-0.1, -0.05) is 18.2 Å². The number of hydrogen-bond donors (Lipinski definition) is 1. The van der Waals surface area contributed by atoms with Crippen LogP contribution in [-0.4, -0.2) is 41.1 Å². The van der Waals surface area contributed by atoms with E-state index >= 15 is 0 Å². The fourth-order valence-corrected chi connectivity index (χ4v) is 4.06. The molecule has 0 bridgehead atoms. The number of aryl methyl sites for hydroxylation is 2. The third-order valence-corrected chi connectivity index (χ3v) is 5.76. The largest absolute Gasteiger partial charge is 0.378 e. The van der Waals surface area contributed by atoms with E-state index in [9.17, 15) is 18.0 Å². The minimum absolute atomic E-state index is 0.0940. The maximum atomic E-state index is 14.7. The molecule has 32 heavy (non-hydrogen) atoms. The van der Waals surface area contributed by atoms with E-state index < -0.39 is 23.8 Å². The van der Waals surface area contributed by atoms with Crippen molar-refractivity contribution in [2.24, 2.45) is 7.05 Å². The third-order valence-electron chi connectivity index (χ3n) is 5.76. The molecule has 3 heterocycles. The topological polar surface area (TPSA) is 72.3 Å². The van der Waals surface area contributed by atoms with E-state index in [-0.39, 0.29) is 11.1 Å². The molecule has 1 saturated heterocycles. The minimum atomic E-state index is -2.91. The van der Waals surface area contributed by atoms with Crippen LogP contribution in [0.3, 0.4) is 0 Å². The normalized spacial score (nSPS) is 15.4. The summed E-state index contributed by atoms with van der Waals surface area (Å²) in [5, 5.41) is 12.1. The predicted molar refractivity (Wildman–Crippen MR) is 116 cm³/mol. The molecule has 10 heteroatoms. The molecule has 7 nitrogen and oxygen atoms in total. The monoisotopic (exact) mass is 447 g/mol. The maximum Gasteiger partial charge on any atom is 0.274 e. The molecule has 4 rings (SSSR count). The molecule has 0 spiro atoms. The zero-order valence-corrected chi connectivity index (χ0v) is 18.0. The van der Waals surface area contributed by atoms with E-state index in [1.807, 2.05) is 4.90 Å². The van der Waals surface area contributed by atoms with Crippen LogP contribution in [0.4, 0.5) is 24.7 Å². The van der Waals surface area contributed by atoms with Crippen LogP contribution in [0.2, 0.25) is 0 Å². The van der Waals surface area contributed by atoms with Gasteiger partial charge in [-0.3, -0.25) is 4.79 Å². The standard InChI is InChI=1S/C22H24F3N5O2/c1-12(14-5-4-6-15(18(14)23)20(24)25)26-21-16-11-17(30-7-9-32-10-8-30)22(31)29(3)19(16)13(2)27-28-21/h4-6,11-12,20H,7-10H2,1-3H3,(H,26,28)/t12-/m1/s1. The quantitative estimate of drug-likeness (QED) is 0.643. The molecule has 1 aromatic carbocycles. The van der Waals surface area contributed by atoms with Crippen molar-refractivity contribution in [2.75, 3.05) is 36.5 Å². The lowest BCUT2D eigenvalue weighted by Gasteiger charge is -2.29. The molecule has 0 radical (unpaired) electrons. The van der Waals surface area contributed by atoms with Crippen molar-refractivity contribution in [2.45, 2.75) is 26.3 Å². The summed E-state index contributed by atoms with van der Waals surface area (Å²) in [6, 6.07) is 5.01. The first kappa shape index (κ1) is 22.1. The fourth-order valence-electron chi connectivity index (χ4n) is 4.06. The molecule has 0 amide bonds. The van der Waals surface area contributed by atoms with Crippen molar-refractivity contribution in [1.82, 2.24) is 14.8 Å². The van der Waals surface area contributed by atoms with Crippen LogP contribution in [0.1, 0.15) is 36.2 Å². The van der Waals surface area contributed by atoms with Crippen LogP contribution >= 0.6 is 0 Å². The van der Waals surface area contributed by atoms with Crippen LogP contribution in [0.5, 0.6) is 0 Å². The summed E-state index contributed by atoms with van der Waals surface area (Å²) >= 11 is 0. The van der Waals surface area contributed by atoms with Crippen LogP contribution in [0.15, 0.2) is 29.1 Å². The molecule has 0 saturated carbocycles. The number of nitrogens with zero attached hydrogens (tertiary/aromatic N) is 4. The Kier molecular flexibility index (Phi) is 6.05. The molecular formula is C22H24F3N5O2. The number of aromatic nitrogens is 3. The summed E-state index contributed by atoms with van der Waals surface area (Å²) in [4.78, 5) is 15.0. The number of pyridine rings is 1. The number of fused-ring (bicyclic) bond motifs is 1. The number of alkyl halides is 2. The van der Waals surface area contributed by atoms with Gasteiger partial charge in [-0.25, -0.2) is 13.2 Å². The average Bonchev–Trinajstić information content (AvgIpc) is 2.78. The molecule has 1 atom stereocenters. The number of rotatable bonds is 5. The second-order valence-electron chi connectivity index (χ2n) is 7.81. The predicted octanol–water partition coefficient (Wildman–Crippen LogP) is 3.72. The molecule has 170 valence electrons. The molecule has 1 aliphatic heterocycles. The van der Waals surface area contributed by atoms with Crippen molar-refractivity contribution in [3.8, 4) is 0 Å². The number of hydrogen-bond acceptors (Lipinski definition) is 6. The number of morpholine rings is 1. The average molecular weight is 447 g/mol. The highest BCUT2D eigenvalue weighted by molar-refractivity contribution is 5.93. The van der Waals surface area contributed by atoms with Gasteiger partial charge in [-0.05, 0) is 19.9 Å². The second kappa shape index (κ2) is 8.78. The van der Waals surface area contributed by atoms with Gasteiger partial charge in [-0.2, -0.15) is 5.10 Å². The van der Waals surface area contributed by atoms with E-state index in [1.165, 1.54) is 16.7 Å². The van der Waals surface area contributed by atoms with Gasteiger partial charge in [-0.15, -0.1) is 5.10 Å². The SMILES string of the molecule is Cc1nnc(N[C@H](C)c2cccc(C(F)F)c2F)c2cc(N3CCOCC3)c(=O)n(C)c12. The van der Waals surface area contributed by atoms with Crippen molar-refractivity contribution in [1.29, 1.82) is 0 Å². The van der Waals surface area contributed by atoms with Crippen molar-refractivity contribution in [3.63, 3.8) is 0 Å². The second-order valence-corrected chi connectivity index (χ2v) is 7.81. The molecule has 2 aromatic heterocycles. The Morgan fingerprint density at radius 2 is 1.84 bits per heavy atom. The van der Waals surface area contributed by atoms with Gasteiger partial charge in [0.05, 0.1) is 36.0 Å². The zero-order valence-electron chi connectivity index (χ0n) is 18.0. The van der Waals surface area contributed by atoms with Crippen molar-refractivity contribution in [3.05, 3.63) is 57.3 Å². The maximum absolute atomic E-state index is 14.7. The number of nitrogens with one attached hydrogen (secondary N) is 1. The number of halogens is 3. The lowest BCUT2D eigenvalue weighted by Crippen LogP contribution is -2.40. The Balaban J connectivity index is 1.79. The van der Waals surface area contributed by atoms with Crippen LogP contribution < -0.4 is 15.8 Å². The summed E-state index contributed by atoms with van der Waals surface area (Å²) in [7, 11) is 1.67. The zero-order chi connectivity index (χ0) is 23.0. The Morgan fingerprint density at radius 3 is 2.53 bits per heavy atom. The van der Waals surface area contributed by atoms with Crippen LogP contribution in [-0.2, 0) is 11.8 Å². The molecule has 3 aromatic rings. The van der Waals surface area contributed by atoms with Crippen LogP contribution in [0, 0.1) is 12.7 Å². The Labute approximate surface area is 182 Å². The molecular weight excluding hydrogens is 423 g/mol. The van der Waals surface area contributed by atoms with Gasteiger partial charge in [0.2, 0.25) is 0 Å². The summed E-state index contributed by atoms with van der Waals surface area (Å²) in [5.74, 6) is -0.613. The Morgan fingerprint density at radius 1 is 1.16 bits per heavy atom. The molecule has 0 aliphatic carbocycles. The lowest BCUT2D eigenvalue weighted by molar-refractivity contribution is 0.122. The smallest absolute Gasteiger partial charge is 0.274 e. The first-order chi connectivity index (χ1) is 15.3.